The lowest BCUT2D eigenvalue weighted by molar-refractivity contribution is -0.158. The minimum atomic E-state index is -0.0527. The molecule has 1 heterocycles. The van der Waals surface area contributed by atoms with Crippen molar-refractivity contribution in [3.8, 4) is 0 Å². The predicted molar refractivity (Wildman–Crippen MR) is 72.8 cm³/mol. The molecule has 1 spiro atoms. The standard InChI is InChI=1S/C16H24O4/c1-3-10(4-2)15(18)20-13-6-12-5-11(13)7-16(12)8-14(17)19-9-16/h10-13H,3-9H2,1-2H3. The smallest absolute Gasteiger partial charge is 0.309 e. The van der Waals surface area contributed by atoms with Gasteiger partial charge in [0.15, 0.2) is 0 Å². The second kappa shape index (κ2) is 5.05. The summed E-state index contributed by atoms with van der Waals surface area (Å²) in [5, 5.41) is 0. The van der Waals surface area contributed by atoms with Crippen LogP contribution in [0.15, 0.2) is 0 Å². The van der Waals surface area contributed by atoms with Crippen molar-refractivity contribution in [2.24, 2.45) is 23.2 Å². The summed E-state index contributed by atoms with van der Waals surface area (Å²) in [5.74, 6) is 0.897. The predicted octanol–water partition coefficient (Wildman–Crippen LogP) is 2.70. The maximum atomic E-state index is 12.1. The van der Waals surface area contributed by atoms with E-state index in [1.54, 1.807) is 0 Å². The third kappa shape index (κ3) is 2.13. The van der Waals surface area contributed by atoms with Gasteiger partial charge in [0, 0.05) is 5.41 Å². The third-order valence-electron chi connectivity index (χ3n) is 5.77. The van der Waals surface area contributed by atoms with E-state index in [4.69, 9.17) is 9.47 Å². The van der Waals surface area contributed by atoms with E-state index in [0.717, 1.165) is 32.1 Å². The molecule has 0 aromatic heterocycles. The first-order valence-corrected chi connectivity index (χ1v) is 7.94. The molecule has 4 unspecified atom stereocenters. The Morgan fingerprint density at radius 1 is 1.40 bits per heavy atom. The number of cyclic esters (lactones) is 1. The van der Waals surface area contributed by atoms with Crippen molar-refractivity contribution in [2.45, 2.75) is 58.5 Å². The molecule has 2 saturated carbocycles. The number of hydrogen-bond donors (Lipinski definition) is 0. The number of rotatable bonds is 4. The van der Waals surface area contributed by atoms with Gasteiger partial charge in [0.05, 0.1) is 18.9 Å². The summed E-state index contributed by atoms with van der Waals surface area (Å²) < 4.78 is 10.9. The fourth-order valence-electron chi connectivity index (χ4n) is 4.51. The molecule has 0 aromatic carbocycles. The summed E-state index contributed by atoms with van der Waals surface area (Å²) >= 11 is 0. The summed E-state index contributed by atoms with van der Waals surface area (Å²) in [4.78, 5) is 23.5. The van der Waals surface area contributed by atoms with Crippen molar-refractivity contribution >= 4 is 11.9 Å². The van der Waals surface area contributed by atoms with Crippen molar-refractivity contribution < 1.29 is 19.1 Å². The highest BCUT2D eigenvalue weighted by Gasteiger charge is 2.59. The van der Waals surface area contributed by atoms with Crippen molar-refractivity contribution in [3.05, 3.63) is 0 Å². The van der Waals surface area contributed by atoms with Gasteiger partial charge in [0.2, 0.25) is 0 Å². The molecular weight excluding hydrogens is 256 g/mol. The monoisotopic (exact) mass is 280 g/mol. The summed E-state index contributed by atoms with van der Waals surface area (Å²) in [6.45, 7) is 4.65. The van der Waals surface area contributed by atoms with Crippen LogP contribution >= 0.6 is 0 Å². The molecule has 4 atom stereocenters. The Kier molecular flexibility index (Phi) is 3.51. The normalized spacial score (nSPS) is 38.8. The molecule has 4 heteroatoms. The van der Waals surface area contributed by atoms with E-state index in [2.05, 4.69) is 0 Å². The van der Waals surface area contributed by atoms with Crippen molar-refractivity contribution in [1.29, 1.82) is 0 Å². The van der Waals surface area contributed by atoms with Gasteiger partial charge >= 0.3 is 11.9 Å². The zero-order valence-corrected chi connectivity index (χ0v) is 12.4. The number of fused-ring (bicyclic) bond motifs is 3. The number of ether oxygens (including phenoxy) is 2. The van der Waals surface area contributed by atoms with Gasteiger partial charge < -0.3 is 9.47 Å². The molecule has 4 nitrogen and oxygen atoms in total. The lowest BCUT2D eigenvalue weighted by atomic mass is 9.72. The van der Waals surface area contributed by atoms with Crippen LogP contribution in [0.2, 0.25) is 0 Å². The van der Waals surface area contributed by atoms with E-state index in [0.29, 0.717) is 24.9 Å². The van der Waals surface area contributed by atoms with E-state index in [1.165, 1.54) is 0 Å². The van der Waals surface area contributed by atoms with E-state index in [-0.39, 0.29) is 29.4 Å². The van der Waals surface area contributed by atoms with Crippen LogP contribution in [0, 0.1) is 23.2 Å². The van der Waals surface area contributed by atoms with Gasteiger partial charge in [0.1, 0.15) is 6.10 Å². The molecule has 0 N–H and O–H groups in total. The molecule has 112 valence electrons. The molecule has 0 radical (unpaired) electrons. The first-order valence-electron chi connectivity index (χ1n) is 7.94. The van der Waals surface area contributed by atoms with Crippen LogP contribution in [0.25, 0.3) is 0 Å². The Hall–Kier alpha value is -1.06. The zero-order valence-electron chi connectivity index (χ0n) is 12.4. The zero-order chi connectivity index (χ0) is 14.3. The molecule has 0 aromatic rings. The van der Waals surface area contributed by atoms with Crippen LogP contribution in [-0.4, -0.2) is 24.6 Å². The highest BCUT2D eigenvalue weighted by atomic mass is 16.5. The summed E-state index contributed by atoms with van der Waals surface area (Å²) in [6.07, 6.45) is 5.36. The first kappa shape index (κ1) is 13.9. The molecular formula is C16H24O4. The Morgan fingerprint density at radius 3 is 2.65 bits per heavy atom. The SMILES string of the molecule is CCC(CC)C(=O)OC1CC2CC1CC21COC(=O)C1. The fourth-order valence-corrected chi connectivity index (χ4v) is 4.51. The molecule has 3 aliphatic rings. The van der Waals surface area contributed by atoms with E-state index in [1.807, 2.05) is 13.8 Å². The average Bonchev–Trinajstić information content (AvgIpc) is 3.06. The Morgan fingerprint density at radius 2 is 2.15 bits per heavy atom. The fraction of sp³-hybridized carbons (Fsp3) is 0.875. The summed E-state index contributed by atoms with van der Waals surface area (Å²) in [6, 6.07) is 0. The number of carbonyl (C=O) groups excluding carboxylic acids is 2. The lowest BCUT2D eigenvalue weighted by Gasteiger charge is -2.34. The van der Waals surface area contributed by atoms with Crippen LogP contribution in [0.5, 0.6) is 0 Å². The molecule has 3 rings (SSSR count). The summed E-state index contributed by atoms with van der Waals surface area (Å²) in [7, 11) is 0. The van der Waals surface area contributed by atoms with Crippen LogP contribution in [-0.2, 0) is 19.1 Å². The Labute approximate surface area is 120 Å². The van der Waals surface area contributed by atoms with Crippen LogP contribution < -0.4 is 0 Å². The largest absolute Gasteiger partial charge is 0.465 e. The highest BCUT2D eigenvalue weighted by molar-refractivity contribution is 5.73. The van der Waals surface area contributed by atoms with Crippen LogP contribution in [0.3, 0.4) is 0 Å². The van der Waals surface area contributed by atoms with Crippen LogP contribution in [0.1, 0.15) is 52.4 Å². The quantitative estimate of drug-likeness (QED) is 0.743. The van der Waals surface area contributed by atoms with Gasteiger partial charge in [-0.15, -0.1) is 0 Å². The molecule has 2 bridgehead atoms. The Balaban J connectivity index is 1.59. The molecule has 3 fully saturated rings. The lowest BCUT2D eigenvalue weighted by Crippen LogP contribution is -2.36. The molecule has 20 heavy (non-hydrogen) atoms. The summed E-state index contributed by atoms with van der Waals surface area (Å²) in [5.41, 5.74) is 0.0690. The molecule has 1 saturated heterocycles. The minimum Gasteiger partial charge on any atom is -0.465 e. The Bertz CT molecular complexity index is 415. The number of carbonyl (C=O) groups is 2. The second-order valence-corrected chi connectivity index (χ2v) is 6.82. The van der Waals surface area contributed by atoms with Gasteiger partial charge in [0.25, 0.3) is 0 Å². The number of esters is 2. The van der Waals surface area contributed by atoms with Gasteiger partial charge in [-0.25, -0.2) is 0 Å². The highest BCUT2D eigenvalue weighted by Crippen LogP contribution is 2.60. The maximum absolute atomic E-state index is 12.1. The molecule has 2 aliphatic carbocycles. The topological polar surface area (TPSA) is 52.6 Å². The first-order chi connectivity index (χ1) is 9.58. The molecule has 1 aliphatic heterocycles. The maximum Gasteiger partial charge on any atom is 0.309 e. The van der Waals surface area contributed by atoms with Crippen molar-refractivity contribution in [2.75, 3.05) is 6.61 Å². The van der Waals surface area contributed by atoms with Crippen molar-refractivity contribution in [1.82, 2.24) is 0 Å². The van der Waals surface area contributed by atoms with Gasteiger partial charge in [-0.2, -0.15) is 0 Å². The second-order valence-electron chi connectivity index (χ2n) is 6.82. The van der Waals surface area contributed by atoms with Gasteiger partial charge in [-0.1, -0.05) is 13.8 Å². The van der Waals surface area contributed by atoms with Gasteiger partial charge in [-0.3, -0.25) is 9.59 Å². The van der Waals surface area contributed by atoms with Crippen molar-refractivity contribution in [3.63, 3.8) is 0 Å². The minimum absolute atomic E-state index is 0.0275. The van der Waals surface area contributed by atoms with E-state index >= 15 is 0 Å². The average molecular weight is 280 g/mol. The number of hydrogen-bond acceptors (Lipinski definition) is 4. The van der Waals surface area contributed by atoms with Crippen LogP contribution in [0.4, 0.5) is 0 Å². The van der Waals surface area contributed by atoms with E-state index < -0.39 is 0 Å². The molecule has 0 amide bonds. The third-order valence-corrected chi connectivity index (χ3v) is 5.77. The van der Waals surface area contributed by atoms with E-state index in [9.17, 15) is 9.59 Å². The van der Waals surface area contributed by atoms with Gasteiger partial charge in [-0.05, 0) is 43.9 Å².